The van der Waals surface area contributed by atoms with E-state index in [9.17, 15) is 0 Å². The Bertz CT molecular complexity index is 919. The normalized spacial score (nSPS) is 13.7. The zero-order chi connectivity index (χ0) is 14.2. The van der Waals surface area contributed by atoms with Gasteiger partial charge in [0.2, 0.25) is 0 Å². The van der Waals surface area contributed by atoms with Crippen molar-refractivity contribution in [1.82, 2.24) is 9.99 Å². The van der Waals surface area contributed by atoms with E-state index in [4.69, 9.17) is 4.99 Å². The van der Waals surface area contributed by atoms with Crippen LogP contribution < -0.4 is 10.2 Å². The van der Waals surface area contributed by atoms with Crippen molar-refractivity contribution in [2.75, 3.05) is 0 Å². The van der Waals surface area contributed by atoms with Crippen LogP contribution in [0.25, 0.3) is 10.2 Å². The first kappa shape index (κ1) is 12.3. The zero-order valence-electron chi connectivity index (χ0n) is 11.4. The van der Waals surface area contributed by atoms with Crippen LogP contribution in [0.3, 0.4) is 0 Å². The van der Waals surface area contributed by atoms with Crippen LogP contribution in [0.15, 0.2) is 57.8 Å². The lowest BCUT2D eigenvalue weighted by Crippen LogP contribution is -2.12. The van der Waals surface area contributed by atoms with Gasteiger partial charge < -0.3 is 4.57 Å². The Labute approximate surface area is 125 Å². The number of fused-ring (bicyclic) bond motifs is 2. The molecule has 0 aliphatic carbocycles. The first-order valence-electron chi connectivity index (χ1n) is 6.74. The van der Waals surface area contributed by atoms with Gasteiger partial charge in [0.25, 0.3) is 0 Å². The fourth-order valence-electron chi connectivity index (χ4n) is 2.39. The van der Waals surface area contributed by atoms with E-state index >= 15 is 0 Å². The minimum Gasteiger partial charge on any atom is -0.317 e. The average Bonchev–Trinajstić information content (AvgIpc) is 3.10. The molecule has 0 saturated carbocycles. The second-order valence-electron chi connectivity index (χ2n) is 4.67. The zero-order valence-corrected chi connectivity index (χ0v) is 12.2. The van der Waals surface area contributed by atoms with Crippen LogP contribution in [-0.2, 0) is 6.54 Å². The van der Waals surface area contributed by atoms with Crippen molar-refractivity contribution < 1.29 is 0 Å². The number of para-hydroxylation sites is 1. The smallest absolute Gasteiger partial charge is 0.190 e. The molecular weight excluding hydrogens is 282 g/mol. The van der Waals surface area contributed by atoms with Crippen molar-refractivity contribution >= 4 is 38.6 Å². The maximum Gasteiger partial charge on any atom is 0.190 e. The Kier molecular flexibility index (Phi) is 2.82. The first-order valence-corrected chi connectivity index (χ1v) is 7.56. The standard InChI is InChI=1S/C15H12N5S/c1-2-20-13-5-3-4-6-14(13)21-15(20)16-10-7-8-11-12(9-10)18-19-17-11/h3-9H,2H2,1H3. The largest absolute Gasteiger partial charge is 0.317 e. The van der Waals surface area contributed by atoms with Crippen LogP contribution in [-0.4, -0.2) is 4.57 Å². The van der Waals surface area contributed by atoms with E-state index in [0.29, 0.717) is 0 Å². The summed E-state index contributed by atoms with van der Waals surface area (Å²) in [4.78, 5) is 5.76. The van der Waals surface area contributed by atoms with Crippen molar-refractivity contribution in [3.05, 3.63) is 47.3 Å². The van der Waals surface area contributed by atoms with E-state index in [-0.39, 0.29) is 0 Å². The Morgan fingerprint density at radius 3 is 2.95 bits per heavy atom. The molecule has 0 bridgehead atoms. The number of aromatic nitrogens is 1. The van der Waals surface area contributed by atoms with Gasteiger partial charge in [-0.15, -0.1) is 10.5 Å². The van der Waals surface area contributed by atoms with Gasteiger partial charge in [0, 0.05) is 6.54 Å². The lowest BCUT2D eigenvalue weighted by Gasteiger charge is -2.00. The van der Waals surface area contributed by atoms with Gasteiger partial charge in [-0.3, -0.25) is 0 Å². The molecule has 1 aliphatic rings. The summed E-state index contributed by atoms with van der Waals surface area (Å²) in [5, 5.41) is 7.60. The van der Waals surface area contributed by atoms with Crippen LogP contribution in [0.1, 0.15) is 6.92 Å². The SMILES string of the molecule is CCn1c(=Nc2ccc3c(c2)[N]N=N3)sc2ccccc21. The van der Waals surface area contributed by atoms with Crippen LogP contribution >= 0.6 is 11.3 Å². The van der Waals surface area contributed by atoms with Gasteiger partial charge in [-0.05, 0) is 42.5 Å². The molecule has 0 spiro atoms. The fourth-order valence-corrected chi connectivity index (χ4v) is 3.50. The summed E-state index contributed by atoms with van der Waals surface area (Å²) in [6.45, 7) is 3.02. The molecule has 0 amide bonds. The van der Waals surface area contributed by atoms with E-state index in [1.54, 1.807) is 11.3 Å². The summed E-state index contributed by atoms with van der Waals surface area (Å²) in [5.41, 5.74) is 7.66. The molecule has 5 nitrogen and oxygen atoms in total. The molecule has 1 aromatic heterocycles. The molecule has 0 atom stereocenters. The molecule has 6 heteroatoms. The minimum atomic E-state index is 0.778. The van der Waals surface area contributed by atoms with Crippen LogP contribution in [0.2, 0.25) is 0 Å². The molecule has 4 rings (SSSR count). The molecule has 0 fully saturated rings. The number of rotatable bonds is 2. The maximum absolute atomic E-state index is 4.76. The van der Waals surface area contributed by atoms with Gasteiger partial charge in [0.05, 0.1) is 15.9 Å². The lowest BCUT2D eigenvalue weighted by atomic mass is 10.2. The number of aryl methyl sites for hydroxylation is 1. The van der Waals surface area contributed by atoms with Crippen molar-refractivity contribution in [2.45, 2.75) is 13.5 Å². The van der Waals surface area contributed by atoms with E-state index in [0.717, 1.165) is 28.4 Å². The molecule has 1 aliphatic heterocycles. The summed E-state index contributed by atoms with van der Waals surface area (Å²) >= 11 is 1.70. The maximum atomic E-state index is 4.76. The second-order valence-corrected chi connectivity index (χ2v) is 5.68. The van der Waals surface area contributed by atoms with Crippen LogP contribution in [0.5, 0.6) is 0 Å². The van der Waals surface area contributed by atoms with Gasteiger partial charge >= 0.3 is 0 Å². The molecule has 0 unspecified atom stereocenters. The van der Waals surface area contributed by atoms with Gasteiger partial charge in [0.15, 0.2) is 4.80 Å². The Hall–Kier alpha value is -2.47. The molecule has 1 radical (unpaired) electrons. The predicted octanol–water partition coefficient (Wildman–Crippen LogP) is 4.20. The summed E-state index contributed by atoms with van der Waals surface area (Å²) in [6, 6.07) is 14.1. The number of nitrogens with zero attached hydrogens (tertiary/aromatic N) is 5. The second kappa shape index (κ2) is 4.82. The molecule has 0 N–H and O–H groups in total. The third-order valence-electron chi connectivity index (χ3n) is 3.39. The summed E-state index contributed by atoms with van der Waals surface area (Å²) in [5.74, 6) is 0. The molecule has 2 aromatic carbocycles. The number of thiazole rings is 1. The van der Waals surface area contributed by atoms with E-state index in [1.807, 2.05) is 18.2 Å². The predicted molar refractivity (Wildman–Crippen MR) is 83.5 cm³/mol. The third-order valence-corrected chi connectivity index (χ3v) is 4.45. The number of hydrogen-bond acceptors (Lipinski definition) is 4. The highest BCUT2D eigenvalue weighted by Gasteiger charge is 2.10. The van der Waals surface area contributed by atoms with Gasteiger partial charge in [-0.2, -0.15) is 0 Å². The highest BCUT2D eigenvalue weighted by molar-refractivity contribution is 7.16. The molecule has 2 heterocycles. The molecular formula is C15H12N5S. The molecule has 21 heavy (non-hydrogen) atoms. The first-order chi connectivity index (χ1) is 10.3. The van der Waals surface area contributed by atoms with Crippen molar-refractivity contribution in [1.29, 1.82) is 0 Å². The number of hydrogen-bond donors (Lipinski definition) is 0. The van der Waals surface area contributed by atoms with Crippen LogP contribution in [0, 0.1) is 0 Å². The van der Waals surface area contributed by atoms with E-state index in [1.165, 1.54) is 10.2 Å². The van der Waals surface area contributed by atoms with E-state index in [2.05, 4.69) is 51.5 Å². The quantitative estimate of drug-likeness (QED) is 0.680. The van der Waals surface area contributed by atoms with Gasteiger partial charge in [0.1, 0.15) is 11.4 Å². The summed E-state index contributed by atoms with van der Waals surface area (Å²) < 4.78 is 3.47. The van der Waals surface area contributed by atoms with E-state index < -0.39 is 0 Å². The Morgan fingerprint density at radius 1 is 1.14 bits per heavy atom. The monoisotopic (exact) mass is 294 g/mol. The van der Waals surface area contributed by atoms with Crippen molar-refractivity contribution in [3.8, 4) is 0 Å². The average molecular weight is 294 g/mol. The Morgan fingerprint density at radius 2 is 2.05 bits per heavy atom. The topological polar surface area (TPSA) is 56.1 Å². The number of benzene rings is 2. The van der Waals surface area contributed by atoms with Gasteiger partial charge in [-0.25, -0.2) is 4.99 Å². The Balaban J connectivity index is 1.89. The highest BCUT2D eigenvalue weighted by Crippen LogP contribution is 2.33. The summed E-state index contributed by atoms with van der Waals surface area (Å²) in [7, 11) is 0. The molecule has 3 aromatic rings. The van der Waals surface area contributed by atoms with Crippen molar-refractivity contribution in [2.24, 2.45) is 15.3 Å². The third kappa shape index (κ3) is 2.04. The fraction of sp³-hybridized carbons (Fsp3) is 0.133. The molecule has 103 valence electrons. The summed E-state index contributed by atoms with van der Waals surface area (Å²) in [6.07, 6.45) is 0. The van der Waals surface area contributed by atoms with Crippen molar-refractivity contribution in [3.63, 3.8) is 0 Å². The molecule has 0 saturated heterocycles. The minimum absolute atomic E-state index is 0.778. The van der Waals surface area contributed by atoms with Gasteiger partial charge in [-0.1, -0.05) is 23.5 Å². The van der Waals surface area contributed by atoms with Crippen LogP contribution in [0.4, 0.5) is 17.1 Å². The highest BCUT2D eigenvalue weighted by atomic mass is 32.1. The lowest BCUT2D eigenvalue weighted by molar-refractivity contribution is 0.765.